The van der Waals surface area contributed by atoms with Crippen LogP contribution in [0, 0.1) is 5.82 Å². The Hall–Kier alpha value is -3.12. The smallest absolute Gasteiger partial charge is 0.333 e. The summed E-state index contributed by atoms with van der Waals surface area (Å²) in [6.07, 6.45) is -1.07. The van der Waals surface area contributed by atoms with Gasteiger partial charge in [-0.05, 0) is 38.7 Å². The monoisotopic (exact) mass is 495 g/mol. The van der Waals surface area contributed by atoms with Crippen molar-refractivity contribution in [3.05, 3.63) is 60.2 Å². The van der Waals surface area contributed by atoms with Crippen molar-refractivity contribution in [1.29, 1.82) is 0 Å². The van der Waals surface area contributed by atoms with Gasteiger partial charge in [-0.3, -0.25) is 0 Å². The van der Waals surface area contributed by atoms with Gasteiger partial charge in [-0.1, -0.05) is 0 Å². The quantitative estimate of drug-likeness (QED) is 0.496. The molecule has 0 aliphatic carbocycles. The zero-order valence-corrected chi connectivity index (χ0v) is 19.3. The molecule has 1 saturated heterocycles. The van der Waals surface area contributed by atoms with Crippen molar-refractivity contribution in [2.45, 2.75) is 31.2 Å². The molecule has 3 aromatic rings. The maximum atomic E-state index is 15.4. The summed E-state index contributed by atoms with van der Waals surface area (Å²) in [5.41, 5.74) is 2.08. The molecule has 1 aliphatic rings. The van der Waals surface area contributed by atoms with Crippen LogP contribution in [-0.4, -0.2) is 69.3 Å². The molecule has 0 bridgehead atoms. The van der Waals surface area contributed by atoms with E-state index in [4.69, 9.17) is 0 Å². The zero-order chi connectivity index (χ0) is 25.2. The van der Waals surface area contributed by atoms with E-state index in [-0.39, 0.29) is 17.8 Å². The van der Waals surface area contributed by atoms with Crippen LogP contribution in [0.15, 0.2) is 43.0 Å². The zero-order valence-electron chi connectivity index (χ0n) is 19.3. The Balaban J connectivity index is 1.60. The fourth-order valence-corrected chi connectivity index (χ4v) is 4.07. The number of rotatable bonds is 7. The van der Waals surface area contributed by atoms with Gasteiger partial charge in [0.25, 0.3) is 0 Å². The minimum Gasteiger partial charge on any atom is -0.333 e. The highest BCUT2D eigenvalue weighted by Gasteiger charge is 2.36. The van der Waals surface area contributed by atoms with E-state index in [1.807, 2.05) is 19.0 Å². The number of imidazole rings is 1. The number of halogens is 5. The predicted molar refractivity (Wildman–Crippen MR) is 121 cm³/mol. The molecule has 0 radical (unpaired) electrons. The van der Waals surface area contributed by atoms with Crippen LogP contribution >= 0.6 is 0 Å². The molecule has 7 nitrogen and oxygen atoms in total. The first-order valence-corrected chi connectivity index (χ1v) is 11.1. The van der Waals surface area contributed by atoms with Crippen molar-refractivity contribution in [3.8, 4) is 11.3 Å². The number of benzene rings is 1. The Morgan fingerprint density at radius 3 is 2.66 bits per heavy atom. The number of piperidine rings is 1. The topological polar surface area (TPSA) is 62.1 Å². The molecule has 1 unspecified atom stereocenters. The van der Waals surface area contributed by atoms with Crippen LogP contribution in [0.25, 0.3) is 11.3 Å². The first-order valence-electron chi connectivity index (χ1n) is 11.1. The molecule has 2 atom stereocenters. The Bertz CT molecular complexity index is 1130. The lowest BCUT2D eigenvalue weighted by Crippen LogP contribution is -2.44. The third-order valence-electron chi connectivity index (χ3n) is 5.89. The first kappa shape index (κ1) is 25.0. The number of nitrogens with zero attached hydrogens (tertiary/aromatic N) is 6. The van der Waals surface area contributed by atoms with Gasteiger partial charge in [0.05, 0.1) is 23.7 Å². The van der Waals surface area contributed by atoms with Gasteiger partial charge in [0.2, 0.25) is 0 Å². The third kappa shape index (κ3) is 5.93. The van der Waals surface area contributed by atoms with Crippen LogP contribution in [0.4, 0.5) is 27.8 Å². The molecule has 1 fully saturated rings. The summed E-state index contributed by atoms with van der Waals surface area (Å²) >= 11 is 0. The predicted octanol–water partition coefficient (Wildman–Crippen LogP) is 4.21. The molecule has 4 rings (SSSR count). The minimum atomic E-state index is -4.83. The number of nitrogens with one attached hydrogen (secondary N) is 1. The van der Waals surface area contributed by atoms with Gasteiger partial charge in [-0.15, -0.1) is 0 Å². The van der Waals surface area contributed by atoms with Crippen molar-refractivity contribution >= 4 is 5.82 Å². The highest BCUT2D eigenvalue weighted by Crippen LogP contribution is 2.36. The Morgan fingerprint density at radius 2 is 2.00 bits per heavy atom. The Labute approximate surface area is 199 Å². The summed E-state index contributed by atoms with van der Waals surface area (Å²) < 4.78 is 70.7. The van der Waals surface area contributed by atoms with E-state index in [0.717, 1.165) is 12.1 Å². The molecule has 1 aliphatic heterocycles. The van der Waals surface area contributed by atoms with Crippen LogP contribution in [0.1, 0.15) is 23.7 Å². The molecule has 3 heterocycles. The highest BCUT2D eigenvalue weighted by atomic mass is 19.4. The summed E-state index contributed by atoms with van der Waals surface area (Å²) in [6, 6.07) is 4.47. The van der Waals surface area contributed by atoms with Crippen molar-refractivity contribution < 1.29 is 22.0 Å². The van der Waals surface area contributed by atoms with Gasteiger partial charge in [-0.25, -0.2) is 28.7 Å². The SMILES string of the molecule is CN(C)CCn1cc(-c2ccc(F)c(C(F)(F)F)c2)nc1C1CCN(Nc2ccncn2)C[C@H]1F. The number of likely N-dealkylation sites (N-methyl/N-ethyl adjacent to an activating group) is 1. The van der Waals surface area contributed by atoms with Crippen LogP contribution in [0.2, 0.25) is 0 Å². The van der Waals surface area contributed by atoms with Crippen molar-refractivity contribution in [2.24, 2.45) is 0 Å². The van der Waals surface area contributed by atoms with Crippen molar-refractivity contribution in [1.82, 2.24) is 29.4 Å². The summed E-state index contributed by atoms with van der Waals surface area (Å²) in [6.45, 7) is 1.71. The van der Waals surface area contributed by atoms with E-state index in [1.54, 1.807) is 28.0 Å². The molecule has 188 valence electrons. The molecule has 2 aromatic heterocycles. The Morgan fingerprint density at radius 1 is 1.20 bits per heavy atom. The van der Waals surface area contributed by atoms with Gasteiger partial charge in [0.15, 0.2) is 0 Å². The lowest BCUT2D eigenvalue weighted by Gasteiger charge is -2.34. The van der Waals surface area contributed by atoms with Crippen molar-refractivity contribution in [2.75, 3.05) is 39.2 Å². The number of aromatic nitrogens is 4. The van der Waals surface area contributed by atoms with Gasteiger partial charge < -0.3 is 14.9 Å². The highest BCUT2D eigenvalue weighted by molar-refractivity contribution is 5.60. The number of alkyl halides is 4. The third-order valence-corrected chi connectivity index (χ3v) is 5.89. The van der Waals surface area contributed by atoms with Gasteiger partial charge >= 0.3 is 6.18 Å². The van der Waals surface area contributed by atoms with Crippen LogP contribution in [0.5, 0.6) is 0 Å². The Kier molecular flexibility index (Phi) is 7.31. The van der Waals surface area contributed by atoms with Gasteiger partial charge in [0.1, 0.15) is 30.0 Å². The van der Waals surface area contributed by atoms with Gasteiger partial charge in [-0.2, -0.15) is 13.2 Å². The number of hydrazine groups is 1. The van der Waals surface area contributed by atoms with E-state index in [1.165, 1.54) is 12.4 Å². The summed E-state index contributed by atoms with van der Waals surface area (Å²) in [5, 5.41) is 1.73. The van der Waals surface area contributed by atoms with Crippen LogP contribution in [0.3, 0.4) is 0 Å². The second-order valence-corrected chi connectivity index (χ2v) is 8.74. The minimum absolute atomic E-state index is 0.0827. The normalized spacial score (nSPS) is 19.3. The number of hydrogen-bond acceptors (Lipinski definition) is 6. The number of hydrogen-bond donors (Lipinski definition) is 1. The maximum Gasteiger partial charge on any atom is 0.419 e. The molecule has 1 aromatic carbocycles. The summed E-state index contributed by atoms with van der Waals surface area (Å²) in [5.74, 6) is -0.871. The second kappa shape index (κ2) is 10.2. The fourth-order valence-electron chi connectivity index (χ4n) is 4.07. The van der Waals surface area contributed by atoms with E-state index in [0.29, 0.717) is 37.7 Å². The number of anilines is 1. The lowest BCUT2D eigenvalue weighted by atomic mass is 9.94. The average Bonchev–Trinajstić information content (AvgIpc) is 3.22. The summed E-state index contributed by atoms with van der Waals surface area (Å²) in [4.78, 5) is 14.4. The first-order chi connectivity index (χ1) is 16.6. The van der Waals surface area contributed by atoms with E-state index < -0.39 is 29.6 Å². The maximum absolute atomic E-state index is 15.4. The molecule has 12 heteroatoms. The molecular formula is C23H26F5N7. The van der Waals surface area contributed by atoms with Crippen LogP contribution < -0.4 is 5.43 Å². The molecule has 0 saturated carbocycles. The average molecular weight is 496 g/mol. The fraction of sp³-hybridized carbons (Fsp3) is 0.435. The molecule has 0 spiro atoms. The lowest BCUT2D eigenvalue weighted by molar-refractivity contribution is -0.139. The molecule has 1 N–H and O–H groups in total. The van der Waals surface area contributed by atoms with Crippen molar-refractivity contribution in [3.63, 3.8) is 0 Å². The van der Waals surface area contributed by atoms with E-state index in [9.17, 15) is 17.6 Å². The van der Waals surface area contributed by atoms with E-state index in [2.05, 4.69) is 20.4 Å². The molecular weight excluding hydrogens is 469 g/mol. The van der Waals surface area contributed by atoms with Crippen LogP contribution in [-0.2, 0) is 12.7 Å². The van der Waals surface area contributed by atoms with E-state index >= 15 is 4.39 Å². The largest absolute Gasteiger partial charge is 0.419 e. The second-order valence-electron chi connectivity index (χ2n) is 8.74. The molecule has 0 amide bonds. The molecule has 35 heavy (non-hydrogen) atoms. The van der Waals surface area contributed by atoms with Gasteiger partial charge in [0, 0.05) is 43.7 Å². The standard InChI is InChI=1S/C23H26F5N7/c1-33(2)9-10-34-13-20(15-3-4-18(24)17(11-15)23(26,27)28)31-22(34)16-6-8-35(12-19(16)25)32-21-5-7-29-14-30-21/h3-5,7,11,13-14,16,19H,6,8-10,12H2,1-2H3,(H,29,30,32)/t16?,19-/m1/s1. The summed E-state index contributed by atoms with van der Waals surface area (Å²) in [7, 11) is 3.78.